The first-order valence-corrected chi connectivity index (χ1v) is 45.3. The second-order valence-corrected chi connectivity index (χ2v) is 34.4. The van der Waals surface area contributed by atoms with Crippen LogP contribution in [0, 0.1) is 0 Å². The summed E-state index contributed by atoms with van der Waals surface area (Å²) in [4.78, 5) is 0. The maximum atomic E-state index is 5.04. The van der Waals surface area contributed by atoms with Crippen LogP contribution in [0.5, 0.6) is 0 Å². The van der Waals surface area contributed by atoms with Gasteiger partial charge in [0.05, 0.1) is 94.8 Å². The Morgan fingerprint density at radius 3 is 0.820 bits per heavy atom. The van der Waals surface area contributed by atoms with Crippen LogP contribution in [0.1, 0.15) is 0 Å². The van der Waals surface area contributed by atoms with Gasteiger partial charge in [0.1, 0.15) is 0 Å². The number of rotatable bonds is 11. The van der Waals surface area contributed by atoms with Crippen LogP contribution in [-0.2, 0) is 0 Å². The highest BCUT2D eigenvalue weighted by atomic mass is 15.2. The van der Waals surface area contributed by atoms with E-state index >= 15 is 0 Å². The van der Waals surface area contributed by atoms with E-state index in [1.807, 2.05) is 19.7 Å². The van der Waals surface area contributed by atoms with Crippen LogP contribution in [0.3, 0.4) is 0 Å². The van der Waals surface area contributed by atoms with Crippen LogP contribution in [0.25, 0.3) is 237 Å². The van der Waals surface area contributed by atoms with Crippen molar-refractivity contribution < 1.29 is 0 Å². The summed E-state index contributed by atoms with van der Waals surface area (Å²) >= 11 is 0. The molecule has 133 heavy (non-hydrogen) atoms. The van der Waals surface area contributed by atoms with Crippen molar-refractivity contribution in [2.24, 2.45) is 0 Å². The van der Waals surface area contributed by atoms with Crippen molar-refractivity contribution in [2.45, 2.75) is 0 Å². The molecule has 0 radical (unpaired) electrons. The van der Waals surface area contributed by atoms with Crippen LogP contribution in [0.4, 0.5) is 0 Å². The van der Waals surface area contributed by atoms with Gasteiger partial charge in [-0.25, -0.2) is 13.5 Å². The van der Waals surface area contributed by atoms with Gasteiger partial charge in [-0.05, 0) is 202 Å². The van der Waals surface area contributed by atoms with Gasteiger partial charge in [0.25, 0.3) is 0 Å². The highest BCUT2D eigenvalue weighted by Gasteiger charge is 2.22. The lowest BCUT2D eigenvalue weighted by atomic mass is 10.0. The summed E-state index contributed by atoms with van der Waals surface area (Å²) in [5, 5.41) is 28.3. The molecule has 10 heteroatoms. The second-order valence-electron chi connectivity index (χ2n) is 34.4. The lowest BCUT2D eigenvalue weighted by Crippen LogP contribution is -2.00. The quantitative estimate of drug-likeness (QED) is 0.130. The van der Waals surface area contributed by atoms with Crippen molar-refractivity contribution in [3.05, 3.63) is 485 Å². The predicted molar refractivity (Wildman–Crippen MR) is 554 cm³/mol. The molecule has 10 nitrogen and oxygen atoms in total. The molecule has 10 heterocycles. The number of aromatic nitrogens is 10. The van der Waals surface area contributed by atoms with E-state index in [9.17, 15) is 0 Å². The molecule has 0 atom stereocenters. The first-order valence-electron chi connectivity index (χ1n) is 45.3. The highest BCUT2D eigenvalue weighted by Crippen LogP contribution is 2.43. The van der Waals surface area contributed by atoms with E-state index in [4.69, 9.17) is 15.3 Å². The second kappa shape index (κ2) is 31.5. The molecule has 0 spiro atoms. The molecule has 0 fully saturated rings. The third-order valence-electron chi connectivity index (χ3n) is 26.8. The standard InChI is InChI=1S/C47H30N4.C41H27N3.C35H23N3/c1-6-16-43-33(11-1)25-26-35-30-42(48-51(35)43)32-23-21-31(22-24-32)34-27-36(49-44-17-7-2-12-38(44)39-13-3-8-18-45(39)49)29-37(28-34)50-46-19-9-4-14-40(46)41-15-5-10-20-47(41)50;1-3-9-28(10-4-1)32-18-22-39-35(25-32)36-26-33(29-11-5-2-6-12-29)19-23-40(36)43(39)34-20-15-30(16-21-34)37-27-42-44-38-14-8-7-13-31(38)17-24-41(37)44;1-4-10-33-27(7-1)19-22-29-23-32(36-38(29)33)26-15-13-24(14-16-26)25-17-20-28(21-18-25)37-34-11-5-2-8-30(34)31-9-3-6-12-35(31)37/h1-30H;1-27H;1-23H. The average Bonchev–Trinajstić information content (AvgIpc) is 1.58. The van der Waals surface area contributed by atoms with E-state index in [1.165, 1.54) is 142 Å². The Balaban J connectivity index is 0.000000105. The van der Waals surface area contributed by atoms with E-state index in [-0.39, 0.29) is 0 Å². The third kappa shape index (κ3) is 13.1. The molecule has 0 saturated carbocycles. The van der Waals surface area contributed by atoms with Crippen molar-refractivity contribution in [3.63, 3.8) is 0 Å². The third-order valence-corrected chi connectivity index (χ3v) is 26.8. The van der Waals surface area contributed by atoms with Crippen LogP contribution in [0.15, 0.2) is 485 Å². The lowest BCUT2D eigenvalue weighted by molar-refractivity contribution is 1.00. The Kier molecular flexibility index (Phi) is 18.1. The molecule has 28 aromatic rings. The topological polar surface area (TPSA) is 71.6 Å². The Morgan fingerprint density at radius 2 is 0.429 bits per heavy atom. The maximum absolute atomic E-state index is 5.04. The van der Waals surface area contributed by atoms with Gasteiger partial charge < -0.3 is 18.3 Å². The number of hydrogen-bond donors (Lipinski definition) is 0. The lowest BCUT2D eigenvalue weighted by Gasteiger charge is -2.16. The molecule has 0 bridgehead atoms. The van der Waals surface area contributed by atoms with E-state index in [2.05, 4.69) is 498 Å². The van der Waals surface area contributed by atoms with Crippen molar-refractivity contribution >= 4 is 136 Å². The molecule has 28 rings (SSSR count). The molecule has 0 aliphatic heterocycles. The minimum Gasteiger partial charge on any atom is -0.309 e. The summed E-state index contributed by atoms with van der Waals surface area (Å²) in [5.74, 6) is 0. The maximum Gasteiger partial charge on any atom is 0.0933 e. The van der Waals surface area contributed by atoms with Crippen molar-refractivity contribution in [3.8, 4) is 101 Å². The molecular weight excluding hydrogens is 1620 g/mol. The smallest absolute Gasteiger partial charge is 0.0933 e. The summed E-state index contributed by atoms with van der Waals surface area (Å²) in [7, 11) is 0. The molecule has 622 valence electrons. The van der Waals surface area contributed by atoms with Crippen LogP contribution in [-0.4, -0.2) is 47.1 Å². The number of benzene rings is 18. The number of nitrogens with zero attached hydrogens (tertiary/aromatic N) is 10. The predicted octanol–water partition coefficient (Wildman–Crippen LogP) is 31.5. The van der Waals surface area contributed by atoms with Gasteiger partial charge in [-0.1, -0.05) is 328 Å². The Labute approximate surface area is 764 Å². The van der Waals surface area contributed by atoms with Crippen molar-refractivity contribution in [1.29, 1.82) is 0 Å². The van der Waals surface area contributed by atoms with Gasteiger partial charge in [-0.15, -0.1) is 0 Å². The molecular formula is C123H80N10. The Hall–Kier alpha value is -18.0. The van der Waals surface area contributed by atoms with Gasteiger partial charge in [0.2, 0.25) is 0 Å². The average molecular weight is 1700 g/mol. The molecule has 0 unspecified atom stereocenters. The Bertz CT molecular complexity index is 9040. The first kappa shape index (κ1) is 76.3. The minimum absolute atomic E-state index is 0.961. The largest absolute Gasteiger partial charge is 0.309 e. The summed E-state index contributed by atoms with van der Waals surface area (Å²) in [5.41, 5.74) is 36.8. The van der Waals surface area contributed by atoms with Crippen molar-refractivity contribution in [1.82, 2.24) is 47.1 Å². The molecule has 0 aliphatic carbocycles. The van der Waals surface area contributed by atoms with Gasteiger partial charge in [-0.3, -0.25) is 0 Å². The molecule has 0 amide bonds. The number of para-hydroxylation sites is 9. The normalized spacial score (nSPS) is 11.8. The van der Waals surface area contributed by atoms with Gasteiger partial charge in [-0.2, -0.15) is 15.3 Å². The van der Waals surface area contributed by atoms with Crippen LogP contribution >= 0.6 is 0 Å². The SMILES string of the molecule is c1ccc(-c2ccc3c(c2)c2cc(-c4ccccc4)ccc2n3-c2ccc(-c3cnn4c3ccc3ccccc34)cc2)cc1.c1ccc2c(c1)ccc1cc(-c3ccc(-c4cc(-n5c6ccccc6c6ccccc65)cc(-n5c6ccccc6c6ccccc65)c4)cc3)nn12.c1ccc2c(c1)ccc1cc(-c3ccc(-c4ccc(-n5c6ccccc6c6ccccc65)cc4)cc3)nn12. The van der Waals surface area contributed by atoms with Gasteiger partial charge in [0.15, 0.2) is 0 Å². The van der Waals surface area contributed by atoms with E-state index in [1.54, 1.807) is 0 Å². The summed E-state index contributed by atoms with van der Waals surface area (Å²) in [6.07, 6.45) is 1.98. The van der Waals surface area contributed by atoms with Crippen LogP contribution < -0.4 is 0 Å². The van der Waals surface area contributed by atoms with E-state index < -0.39 is 0 Å². The summed E-state index contributed by atoms with van der Waals surface area (Å²) in [6, 6.07) is 172. The number of fused-ring (bicyclic) bond motifs is 21. The number of pyridine rings is 3. The van der Waals surface area contributed by atoms with E-state index in [0.717, 1.165) is 94.9 Å². The fraction of sp³-hybridized carbons (Fsp3) is 0. The molecule has 0 N–H and O–H groups in total. The molecule has 18 aromatic carbocycles. The zero-order valence-electron chi connectivity index (χ0n) is 72.2. The minimum atomic E-state index is 0.961. The summed E-state index contributed by atoms with van der Waals surface area (Å²) in [6.45, 7) is 0. The van der Waals surface area contributed by atoms with Gasteiger partial charge >= 0.3 is 0 Å². The molecule has 0 saturated heterocycles. The highest BCUT2D eigenvalue weighted by molar-refractivity contribution is 6.14. The summed E-state index contributed by atoms with van der Waals surface area (Å²) < 4.78 is 15.7. The zero-order valence-corrected chi connectivity index (χ0v) is 72.2. The monoisotopic (exact) mass is 1700 g/mol. The van der Waals surface area contributed by atoms with E-state index in [0.29, 0.717) is 0 Å². The van der Waals surface area contributed by atoms with Gasteiger partial charge in [0, 0.05) is 98.7 Å². The number of hydrogen-bond acceptors (Lipinski definition) is 3. The van der Waals surface area contributed by atoms with Crippen LogP contribution in [0.2, 0.25) is 0 Å². The first-order chi connectivity index (χ1) is 65.9. The zero-order chi connectivity index (χ0) is 87.6. The molecule has 10 aromatic heterocycles. The molecule has 0 aliphatic rings. The Morgan fingerprint density at radius 1 is 0.150 bits per heavy atom. The van der Waals surface area contributed by atoms with Crippen molar-refractivity contribution in [2.75, 3.05) is 0 Å². The fourth-order valence-electron chi connectivity index (χ4n) is 20.4. The fourth-order valence-corrected chi connectivity index (χ4v) is 20.4.